The second kappa shape index (κ2) is 9.03. The highest BCUT2D eigenvalue weighted by Gasteiger charge is 2.34. The molecule has 0 aliphatic carbocycles. The lowest BCUT2D eigenvalue weighted by atomic mass is 9.97. The molecule has 2 saturated heterocycles. The molecule has 154 valence electrons. The van der Waals surface area contributed by atoms with E-state index < -0.39 is 5.82 Å². The lowest BCUT2D eigenvalue weighted by Gasteiger charge is -2.34. The Morgan fingerprint density at radius 2 is 1.93 bits per heavy atom. The van der Waals surface area contributed by atoms with E-state index in [0.717, 1.165) is 18.7 Å². The molecule has 2 aromatic rings. The molecule has 2 heterocycles. The predicted octanol–water partition coefficient (Wildman–Crippen LogP) is 2.97. The zero-order valence-corrected chi connectivity index (χ0v) is 16.4. The zero-order chi connectivity index (χ0) is 20.2. The van der Waals surface area contributed by atoms with Gasteiger partial charge in [-0.1, -0.05) is 30.7 Å². The molecule has 4 rings (SSSR count). The third kappa shape index (κ3) is 4.50. The van der Waals surface area contributed by atoms with E-state index in [4.69, 9.17) is 4.74 Å². The number of carbonyl (C=O) groups excluding carboxylic acids is 1. The van der Waals surface area contributed by atoms with E-state index in [0.29, 0.717) is 24.3 Å². The van der Waals surface area contributed by atoms with Gasteiger partial charge in [-0.25, -0.2) is 4.39 Å². The largest absolute Gasteiger partial charge is 0.392 e. The first-order chi connectivity index (χ1) is 14.2. The number of aliphatic hydroxyl groups excluding tert-OH is 1. The third-order valence-corrected chi connectivity index (χ3v) is 5.89. The van der Waals surface area contributed by atoms with E-state index in [1.807, 2.05) is 18.2 Å². The van der Waals surface area contributed by atoms with Crippen LogP contribution in [0.25, 0.3) is 11.1 Å². The van der Waals surface area contributed by atoms with Crippen LogP contribution in [0, 0.1) is 5.82 Å². The fraction of sp³-hybridized carbons (Fsp3) is 0.435. The topological polar surface area (TPSA) is 61.8 Å². The van der Waals surface area contributed by atoms with Crippen LogP contribution in [0.1, 0.15) is 35.2 Å². The van der Waals surface area contributed by atoms with Gasteiger partial charge in [-0.3, -0.25) is 9.69 Å². The van der Waals surface area contributed by atoms with Gasteiger partial charge in [-0.2, -0.15) is 0 Å². The number of nitrogens with zero attached hydrogens (tertiary/aromatic N) is 1. The summed E-state index contributed by atoms with van der Waals surface area (Å²) in [5.41, 5.74) is 2.27. The van der Waals surface area contributed by atoms with E-state index in [1.54, 1.807) is 12.1 Å². The average Bonchev–Trinajstić information content (AvgIpc) is 3.22. The SMILES string of the molecule is O=C(N[C@H]1COC[C@@H]1N1CCCCC1)c1cc(F)cc(-c2ccccc2CO)c1. The number of ether oxygens (including phenoxy) is 1. The van der Waals surface area contributed by atoms with Crippen LogP contribution in [0.15, 0.2) is 42.5 Å². The van der Waals surface area contributed by atoms with Gasteiger partial charge in [0, 0.05) is 5.56 Å². The van der Waals surface area contributed by atoms with Gasteiger partial charge in [0.1, 0.15) is 5.82 Å². The number of carbonyl (C=O) groups is 1. The maximum Gasteiger partial charge on any atom is 0.251 e. The van der Waals surface area contributed by atoms with Crippen LogP contribution < -0.4 is 5.32 Å². The fourth-order valence-electron chi connectivity index (χ4n) is 4.36. The van der Waals surface area contributed by atoms with E-state index >= 15 is 0 Å². The van der Waals surface area contributed by atoms with Crippen molar-refractivity contribution < 1.29 is 19.0 Å². The fourth-order valence-corrected chi connectivity index (χ4v) is 4.36. The van der Waals surface area contributed by atoms with Crippen LogP contribution in [0.5, 0.6) is 0 Å². The Morgan fingerprint density at radius 3 is 2.72 bits per heavy atom. The number of likely N-dealkylation sites (tertiary alicyclic amines) is 1. The van der Waals surface area contributed by atoms with E-state index in [-0.39, 0.29) is 30.2 Å². The van der Waals surface area contributed by atoms with Crippen molar-refractivity contribution in [3.05, 3.63) is 59.4 Å². The summed E-state index contributed by atoms with van der Waals surface area (Å²) in [7, 11) is 0. The molecule has 2 N–H and O–H groups in total. The summed E-state index contributed by atoms with van der Waals surface area (Å²) in [6.45, 7) is 3.00. The maximum atomic E-state index is 14.3. The van der Waals surface area contributed by atoms with Crippen molar-refractivity contribution in [3.63, 3.8) is 0 Å². The standard InChI is InChI=1S/C23H27FN2O3/c24-19-11-17(20-7-3-2-6-16(20)13-27)10-18(12-19)23(28)25-21-14-29-15-22(21)26-8-4-1-5-9-26/h2-3,6-7,10-12,21-22,27H,1,4-5,8-9,13-15H2,(H,25,28)/t21-,22-/m0/s1. The number of amides is 1. The van der Waals surface area contributed by atoms with Crippen LogP contribution in [0.3, 0.4) is 0 Å². The lowest BCUT2D eigenvalue weighted by Crippen LogP contribution is -2.52. The van der Waals surface area contributed by atoms with Gasteiger partial charge < -0.3 is 15.2 Å². The summed E-state index contributed by atoms with van der Waals surface area (Å²) in [6.07, 6.45) is 3.60. The second-order valence-electron chi connectivity index (χ2n) is 7.83. The van der Waals surface area contributed by atoms with Crippen molar-refractivity contribution in [2.75, 3.05) is 26.3 Å². The van der Waals surface area contributed by atoms with E-state index in [1.165, 1.54) is 31.4 Å². The molecule has 1 amide bonds. The number of halogens is 1. The minimum atomic E-state index is -0.476. The minimum Gasteiger partial charge on any atom is -0.392 e. The molecule has 0 saturated carbocycles. The zero-order valence-electron chi connectivity index (χ0n) is 16.4. The van der Waals surface area contributed by atoms with Gasteiger partial charge in [-0.05, 0) is 60.8 Å². The number of nitrogens with one attached hydrogen (secondary N) is 1. The number of aliphatic hydroxyl groups is 1. The van der Waals surface area contributed by atoms with Crippen molar-refractivity contribution in [2.45, 2.75) is 38.0 Å². The normalized spacial score (nSPS) is 22.6. The first-order valence-corrected chi connectivity index (χ1v) is 10.3. The summed E-state index contributed by atoms with van der Waals surface area (Å²) in [6, 6.07) is 11.7. The smallest absolute Gasteiger partial charge is 0.251 e. The monoisotopic (exact) mass is 398 g/mol. The van der Waals surface area contributed by atoms with Gasteiger partial charge in [0.2, 0.25) is 0 Å². The first kappa shape index (κ1) is 20.0. The molecule has 0 unspecified atom stereocenters. The highest BCUT2D eigenvalue weighted by Crippen LogP contribution is 2.26. The molecule has 2 fully saturated rings. The molecule has 2 atom stereocenters. The Balaban J connectivity index is 1.53. The maximum absolute atomic E-state index is 14.3. The quantitative estimate of drug-likeness (QED) is 0.813. The third-order valence-electron chi connectivity index (χ3n) is 5.89. The molecule has 0 spiro atoms. The Labute approximate surface area is 170 Å². The number of hydrogen-bond donors (Lipinski definition) is 2. The van der Waals surface area contributed by atoms with Crippen molar-refractivity contribution in [1.29, 1.82) is 0 Å². The number of hydrogen-bond acceptors (Lipinski definition) is 4. The van der Waals surface area contributed by atoms with Crippen LogP contribution in [0.4, 0.5) is 4.39 Å². The highest BCUT2D eigenvalue weighted by atomic mass is 19.1. The van der Waals surface area contributed by atoms with Crippen LogP contribution in [-0.2, 0) is 11.3 Å². The lowest BCUT2D eigenvalue weighted by molar-refractivity contribution is 0.0899. The summed E-state index contributed by atoms with van der Waals surface area (Å²) in [5.74, 6) is -0.777. The summed E-state index contributed by atoms with van der Waals surface area (Å²) >= 11 is 0. The van der Waals surface area contributed by atoms with Crippen molar-refractivity contribution in [1.82, 2.24) is 10.2 Å². The molecule has 2 aromatic carbocycles. The summed E-state index contributed by atoms with van der Waals surface area (Å²) in [5, 5.41) is 12.6. The molecule has 2 aliphatic rings. The second-order valence-corrected chi connectivity index (χ2v) is 7.83. The molecule has 0 radical (unpaired) electrons. The summed E-state index contributed by atoms with van der Waals surface area (Å²) in [4.78, 5) is 15.3. The van der Waals surface area contributed by atoms with Gasteiger partial charge >= 0.3 is 0 Å². The summed E-state index contributed by atoms with van der Waals surface area (Å²) < 4.78 is 20.0. The van der Waals surface area contributed by atoms with Gasteiger partial charge in [0.25, 0.3) is 5.91 Å². The first-order valence-electron chi connectivity index (χ1n) is 10.3. The van der Waals surface area contributed by atoms with E-state index in [2.05, 4.69) is 10.2 Å². The molecule has 5 nitrogen and oxygen atoms in total. The van der Waals surface area contributed by atoms with Gasteiger partial charge in [0.15, 0.2) is 0 Å². The van der Waals surface area contributed by atoms with Gasteiger partial charge in [0.05, 0.1) is 31.9 Å². The molecule has 2 aliphatic heterocycles. The Bertz CT molecular complexity index is 867. The van der Waals surface area contributed by atoms with E-state index in [9.17, 15) is 14.3 Å². The molecule has 0 aromatic heterocycles. The average molecular weight is 398 g/mol. The number of piperidine rings is 1. The predicted molar refractivity (Wildman–Crippen MR) is 109 cm³/mol. The molecule has 29 heavy (non-hydrogen) atoms. The van der Waals surface area contributed by atoms with Crippen LogP contribution >= 0.6 is 0 Å². The van der Waals surface area contributed by atoms with Crippen LogP contribution in [0.2, 0.25) is 0 Å². The van der Waals surface area contributed by atoms with Crippen molar-refractivity contribution in [2.24, 2.45) is 0 Å². The molecule has 6 heteroatoms. The number of rotatable bonds is 5. The minimum absolute atomic E-state index is 0.1000. The Hall–Kier alpha value is -2.28. The van der Waals surface area contributed by atoms with Gasteiger partial charge in [-0.15, -0.1) is 0 Å². The Morgan fingerprint density at radius 1 is 1.14 bits per heavy atom. The van der Waals surface area contributed by atoms with Crippen LogP contribution in [-0.4, -0.2) is 54.3 Å². The highest BCUT2D eigenvalue weighted by molar-refractivity contribution is 5.96. The number of benzene rings is 2. The Kier molecular flexibility index (Phi) is 6.23. The molecular weight excluding hydrogens is 371 g/mol. The molecular formula is C23H27FN2O3. The molecule has 0 bridgehead atoms. The van der Waals surface area contributed by atoms with Crippen molar-refractivity contribution >= 4 is 5.91 Å². The van der Waals surface area contributed by atoms with Crippen molar-refractivity contribution in [3.8, 4) is 11.1 Å².